The largest absolute Gasteiger partial charge is 0.339 e. The highest BCUT2D eigenvalue weighted by molar-refractivity contribution is 6.29. The molecule has 2 heterocycles. The van der Waals surface area contributed by atoms with E-state index in [1.54, 1.807) is 6.07 Å². The quantitative estimate of drug-likeness (QED) is 0.782. The zero-order valence-corrected chi connectivity index (χ0v) is 10.8. The standard InChI is InChI=1S/C10H15ClN4.ClH/c1-8-7-9(11)14-10(13-8)15-5-2-3-12-4-6-15;/h7,12H,2-6H2,1H3;1H. The molecule has 0 atom stereocenters. The fourth-order valence-corrected chi connectivity index (χ4v) is 1.94. The summed E-state index contributed by atoms with van der Waals surface area (Å²) in [6, 6.07) is 1.78. The molecule has 1 saturated heterocycles. The van der Waals surface area contributed by atoms with Gasteiger partial charge < -0.3 is 10.2 Å². The molecular formula is C10H16Cl2N4. The van der Waals surface area contributed by atoms with E-state index in [1.165, 1.54) is 0 Å². The van der Waals surface area contributed by atoms with E-state index in [1.807, 2.05) is 6.92 Å². The summed E-state index contributed by atoms with van der Waals surface area (Å²) in [4.78, 5) is 10.8. The van der Waals surface area contributed by atoms with Crippen molar-refractivity contribution in [1.29, 1.82) is 0 Å². The summed E-state index contributed by atoms with van der Waals surface area (Å²) in [6.07, 6.45) is 1.12. The van der Waals surface area contributed by atoms with Gasteiger partial charge in [-0.05, 0) is 26.0 Å². The van der Waals surface area contributed by atoms with Gasteiger partial charge in [0.15, 0.2) is 0 Å². The van der Waals surface area contributed by atoms with E-state index in [0.717, 1.165) is 44.2 Å². The SMILES string of the molecule is Cc1cc(Cl)nc(N2CCCNCC2)n1.Cl. The van der Waals surface area contributed by atoms with Gasteiger partial charge >= 0.3 is 0 Å². The molecule has 16 heavy (non-hydrogen) atoms. The molecule has 0 amide bonds. The first-order valence-corrected chi connectivity index (χ1v) is 5.60. The highest BCUT2D eigenvalue weighted by Gasteiger charge is 2.12. The van der Waals surface area contributed by atoms with Gasteiger partial charge in [0.25, 0.3) is 0 Å². The highest BCUT2D eigenvalue weighted by atomic mass is 35.5. The minimum Gasteiger partial charge on any atom is -0.339 e. The third-order valence-electron chi connectivity index (χ3n) is 2.43. The van der Waals surface area contributed by atoms with E-state index in [4.69, 9.17) is 11.6 Å². The molecule has 0 saturated carbocycles. The van der Waals surface area contributed by atoms with Crippen molar-refractivity contribution in [3.63, 3.8) is 0 Å². The smallest absolute Gasteiger partial charge is 0.227 e. The Morgan fingerprint density at radius 2 is 2.12 bits per heavy atom. The second-order valence-electron chi connectivity index (χ2n) is 3.72. The van der Waals surface area contributed by atoms with Crippen molar-refractivity contribution < 1.29 is 0 Å². The van der Waals surface area contributed by atoms with E-state index < -0.39 is 0 Å². The topological polar surface area (TPSA) is 41.1 Å². The van der Waals surface area contributed by atoms with E-state index in [2.05, 4.69) is 20.2 Å². The van der Waals surface area contributed by atoms with Gasteiger partial charge in [-0.25, -0.2) is 9.97 Å². The van der Waals surface area contributed by atoms with E-state index >= 15 is 0 Å². The first kappa shape index (κ1) is 13.5. The van der Waals surface area contributed by atoms with Gasteiger partial charge in [0, 0.05) is 25.3 Å². The molecule has 1 aromatic rings. The number of halogens is 2. The van der Waals surface area contributed by atoms with Gasteiger partial charge in [0.05, 0.1) is 0 Å². The molecule has 0 spiro atoms. The molecule has 2 rings (SSSR count). The van der Waals surface area contributed by atoms with Crippen LogP contribution in [-0.2, 0) is 0 Å². The molecule has 0 radical (unpaired) electrons. The van der Waals surface area contributed by atoms with Gasteiger partial charge in [-0.15, -0.1) is 12.4 Å². The van der Waals surface area contributed by atoms with Gasteiger partial charge in [0.1, 0.15) is 5.15 Å². The van der Waals surface area contributed by atoms with Crippen LogP contribution in [0.15, 0.2) is 6.07 Å². The molecule has 1 aromatic heterocycles. The van der Waals surface area contributed by atoms with Crippen LogP contribution in [0.4, 0.5) is 5.95 Å². The van der Waals surface area contributed by atoms with Gasteiger partial charge in [-0.3, -0.25) is 0 Å². The molecular weight excluding hydrogens is 247 g/mol. The van der Waals surface area contributed by atoms with Crippen LogP contribution in [0.1, 0.15) is 12.1 Å². The van der Waals surface area contributed by atoms with E-state index in [9.17, 15) is 0 Å². The summed E-state index contributed by atoms with van der Waals surface area (Å²) < 4.78 is 0. The Bertz CT molecular complexity index is 317. The first-order valence-electron chi connectivity index (χ1n) is 5.22. The van der Waals surface area contributed by atoms with Crippen molar-refractivity contribution in [3.8, 4) is 0 Å². The monoisotopic (exact) mass is 262 g/mol. The minimum absolute atomic E-state index is 0. The number of nitrogens with one attached hydrogen (secondary N) is 1. The minimum atomic E-state index is 0. The molecule has 1 aliphatic heterocycles. The normalized spacial score (nSPS) is 16.5. The lowest BCUT2D eigenvalue weighted by Gasteiger charge is -2.19. The number of rotatable bonds is 1. The summed E-state index contributed by atoms with van der Waals surface area (Å²) in [5, 5.41) is 3.87. The lowest BCUT2D eigenvalue weighted by Crippen LogP contribution is -2.29. The van der Waals surface area contributed by atoms with Crippen molar-refractivity contribution in [2.75, 3.05) is 31.1 Å². The Kier molecular flexibility index (Phi) is 5.25. The summed E-state index contributed by atoms with van der Waals surface area (Å²) >= 11 is 5.92. The van der Waals surface area contributed by atoms with Crippen molar-refractivity contribution in [2.24, 2.45) is 0 Å². The number of hydrogen-bond acceptors (Lipinski definition) is 4. The Hall–Kier alpha value is -0.580. The molecule has 0 aromatic carbocycles. The lowest BCUT2D eigenvalue weighted by atomic mass is 10.4. The lowest BCUT2D eigenvalue weighted by molar-refractivity contribution is 0.724. The number of hydrogen-bond donors (Lipinski definition) is 1. The number of aryl methyl sites for hydroxylation is 1. The molecule has 6 heteroatoms. The van der Waals surface area contributed by atoms with Crippen LogP contribution in [0, 0.1) is 6.92 Å². The van der Waals surface area contributed by atoms with Crippen molar-refractivity contribution >= 4 is 30.0 Å². The maximum Gasteiger partial charge on any atom is 0.227 e. The fourth-order valence-electron chi connectivity index (χ4n) is 1.70. The third kappa shape index (κ3) is 3.47. The number of nitrogens with zero attached hydrogens (tertiary/aromatic N) is 3. The van der Waals surface area contributed by atoms with Crippen molar-refractivity contribution in [3.05, 3.63) is 16.9 Å². The average molecular weight is 263 g/mol. The molecule has 1 N–H and O–H groups in total. The fraction of sp³-hybridized carbons (Fsp3) is 0.600. The van der Waals surface area contributed by atoms with Crippen molar-refractivity contribution in [2.45, 2.75) is 13.3 Å². The predicted molar refractivity (Wildman–Crippen MR) is 68.7 cm³/mol. The van der Waals surface area contributed by atoms with E-state index in [-0.39, 0.29) is 12.4 Å². The van der Waals surface area contributed by atoms with Crippen LogP contribution in [0.2, 0.25) is 5.15 Å². The Balaban J connectivity index is 0.00000128. The zero-order valence-electron chi connectivity index (χ0n) is 9.24. The van der Waals surface area contributed by atoms with Crippen LogP contribution in [0.25, 0.3) is 0 Å². The van der Waals surface area contributed by atoms with E-state index in [0.29, 0.717) is 5.15 Å². The second-order valence-corrected chi connectivity index (χ2v) is 4.11. The van der Waals surface area contributed by atoms with Gasteiger partial charge in [-0.2, -0.15) is 0 Å². The first-order chi connectivity index (χ1) is 7.25. The second kappa shape index (κ2) is 6.23. The molecule has 1 fully saturated rings. The predicted octanol–water partition coefficient (Wildman–Crippen LogP) is 1.66. The number of aromatic nitrogens is 2. The Morgan fingerprint density at radius 3 is 2.88 bits per heavy atom. The van der Waals surface area contributed by atoms with Crippen LogP contribution >= 0.6 is 24.0 Å². The maximum absolute atomic E-state index is 5.92. The van der Waals surface area contributed by atoms with Gasteiger partial charge in [-0.1, -0.05) is 11.6 Å². The average Bonchev–Trinajstić information content (AvgIpc) is 2.43. The van der Waals surface area contributed by atoms with Crippen LogP contribution < -0.4 is 10.2 Å². The van der Waals surface area contributed by atoms with Crippen molar-refractivity contribution in [1.82, 2.24) is 15.3 Å². The molecule has 90 valence electrons. The Morgan fingerprint density at radius 1 is 1.31 bits per heavy atom. The van der Waals surface area contributed by atoms with Crippen LogP contribution in [0.5, 0.6) is 0 Å². The molecule has 4 nitrogen and oxygen atoms in total. The third-order valence-corrected chi connectivity index (χ3v) is 2.63. The molecule has 1 aliphatic rings. The summed E-state index contributed by atoms with van der Waals surface area (Å²) in [5.74, 6) is 0.753. The summed E-state index contributed by atoms with van der Waals surface area (Å²) in [7, 11) is 0. The van der Waals surface area contributed by atoms with Crippen LogP contribution in [-0.4, -0.2) is 36.1 Å². The zero-order chi connectivity index (χ0) is 10.7. The maximum atomic E-state index is 5.92. The molecule has 0 bridgehead atoms. The number of anilines is 1. The molecule has 0 unspecified atom stereocenters. The van der Waals surface area contributed by atoms with Crippen LogP contribution in [0.3, 0.4) is 0 Å². The summed E-state index contributed by atoms with van der Waals surface area (Å²) in [5.41, 5.74) is 0.919. The highest BCUT2D eigenvalue weighted by Crippen LogP contribution is 2.14. The molecule has 0 aliphatic carbocycles. The Labute approximate surface area is 107 Å². The van der Waals surface area contributed by atoms with Gasteiger partial charge in [0.2, 0.25) is 5.95 Å². The summed E-state index contributed by atoms with van der Waals surface area (Å²) in [6.45, 7) is 5.92.